The van der Waals surface area contributed by atoms with Crippen LogP contribution in [0.4, 0.5) is 0 Å². The van der Waals surface area contributed by atoms with Crippen LogP contribution >= 0.6 is 11.3 Å². The number of hydrogen-bond donors (Lipinski definition) is 0. The number of rotatable bonds is 6. The van der Waals surface area contributed by atoms with Crippen molar-refractivity contribution in [3.63, 3.8) is 0 Å². The molecule has 2 aromatic carbocycles. The molecule has 0 aliphatic rings. The molecular weight excluding hydrogens is 286 g/mol. The van der Waals surface area contributed by atoms with Crippen LogP contribution in [-0.4, -0.2) is 4.98 Å². The van der Waals surface area contributed by atoms with Crippen LogP contribution in [0.1, 0.15) is 25.0 Å². The van der Waals surface area contributed by atoms with Gasteiger partial charge >= 0.3 is 0 Å². The molecule has 3 aromatic rings. The first-order chi connectivity index (χ1) is 10.9. The van der Waals surface area contributed by atoms with Gasteiger partial charge in [-0.05, 0) is 18.4 Å². The Morgan fingerprint density at radius 3 is 2.09 bits per heavy atom. The van der Waals surface area contributed by atoms with Gasteiger partial charge in [-0.25, -0.2) is 4.98 Å². The molecule has 0 amide bonds. The van der Waals surface area contributed by atoms with Gasteiger partial charge in [0.25, 0.3) is 0 Å². The molecule has 1 aromatic heterocycles. The quantitative estimate of drug-likeness (QED) is 0.507. The van der Waals surface area contributed by atoms with Crippen molar-refractivity contribution in [1.82, 2.24) is 4.98 Å². The molecule has 0 spiro atoms. The summed E-state index contributed by atoms with van der Waals surface area (Å²) in [6.45, 7) is 3.93. The lowest BCUT2D eigenvalue weighted by Gasteiger charge is -2.01. The van der Waals surface area contributed by atoms with Crippen molar-refractivity contribution in [2.24, 2.45) is 0 Å². The van der Waals surface area contributed by atoms with E-state index in [-0.39, 0.29) is 0 Å². The zero-order valence-corrected chi connectivity index (χ0v) is 13.5. The normalized spacial score (nSPS) is 10.8. The second kappa shape index (κ2) is 7.37. The lowest BCUT2D eigenvalue weighted by molar-refractivity contribution is 0.737. The Morgan fingerprint density at radius 2 is 1.45 bits per heavy atom. The summed E-state index contributed by atoms with van der Waals surface area (Å²) in [5, 5.41) is 1.11. The van der Waals surface area contributed by atoms with Crippen LogP contribution in [0.3, 0.4) is 0 Å². The number of unbranched alkanes of at least 4 members (excludes halogenated alkanes) is 2. The van der Waals surface area contributed by atoms with Crippen LogP contribution in [0, 0.1) is 6.92 Å². The fraction of sp³-hybridized carbons (Fsp3) is 0.200. The van der Waals surface area contributed by atoms with E-state index in [4.69, 9.17) is 4.98 Å². The van der Waals surface area contributed by atoms with Gasteiger partial charge in [0.15, 0.2) is 0 Å². The number of thiazole rings is 1. The molecular formula is C20H20NS. The molecule has 111 valence electrons. The summed E-state index contributed by atoms with van der Waals surface area (Å²) < 4.78 is 0. The van der Waals surface area contributed by atoms with E-state index in [0.29, 0.717) is 0 Å². The molecule has 2 heteroatoms. The zero-order chi connectivity index (χ0) is 15.2. The standard InChI is InChI=1S/C20H20NS/c1-2-3-6-15-18-19(16-11-7-4-8-12-16)22-20(21-18)17-13-9-5-10-14-17/h4-5,7-14H,1-3,6,15H2. The molecule has 0 saturated heterocycles. The maximum atomic E-state index is 4.93. The summed E-state index contributed by atoms with van der Waals surface area (Å²) in [7, 11) is 0. The summed E-state index contributed by atoms with van der Waals surface area (Å²) in [4.78, 5) is 6.24. The molecule has 0 N–H and O–H groups in total. The van der Waals surface area contributed by atoms with E-state index in [9.17, 15) is 0 Å². The fourth-order valence-electron chi connectivity index (χ4n) is 2.51. The van der Waals surface area contributed by atoms with Gasteiger partial charge in [0.1, 0.15) is 5.01 Å². The Balaban J connectivity index is 1.97. The van der Waals surface area contributed by atoms with Gasteiger partial charge < -0.3 is 0 Å². The molecule has 3 rings (SSSR count). The Hall–Kier alpha value is -1.93. The maximum Gasteiger partial charge on any atom is 0.124 e. The van der Waals surface area contributed by atoms with E-state index in [2.05, 4.69) is 61.5 Å². The Morgan fingerprint density at radius 1 is 0.818 bits per heavy atom. The van der Waals surface area contributed by atoms with Crippen molar-refractivity contribution in [1.29, 1.82) is 0 Å². The van der Waals surface area contributed by atoms with E-state index in [1.54, 1.807) is 11.3 Å². The van der Waals surface area contributed by atoms with Crippen molar-refractivity contribution in [2.75, 3.05) is 0 Å². The highest BCUT2D eigenvalue weighted by atomic mass is 32.1. The highest BCUT2D eigenvalue weighted by Crippen LogP contribution is 2.36. The summed E-state index contributed by atoms with van der Waals surface area (Å²) in [5.41, 5.74) is 3.70. The Kier molecular flexibility index (Phi) is 5.02. The predicted molar refractivity (Wildman–Crippen MR) is 95.9 cm³/mol. The number of benzene rings is 2. The van der Waals surface area contributed by atoms with Crippen LogP contribution in [0.25, 0.3) is 21.0 Å². The second-order valence-electron chi connectivity index (χ2n) is 5.34. The first-order valence-electron chi connectivity index (χ1n) is 7.78. The first-order valence-corrected chi connectivity index (χ1v) is 8.60. The summed E-state index contributed by atoms with van der Waals surface area (Å²) in [5.74, 6) is 0. The van der Waals surface area contributed by atoms with Crippen molar-refractivity contribution < 1.29 is 0 Å². The van der Waals surface area contributed by atoms with Crippen molar-refractivity contribution >= 4 is 11.3 Å². The molecule has 0 fully saturated rings. The van der Waals surface area contributed by atoms with Gasteiger partial charge in [-0.15, -0.1) is 11.3 Å². The van der Waals surface area contributed by atoms with Gasteiger partial charge in [0.05, 0.1) is 10.6 Å². The minimum absolute atomic E-state index is 0.996. The van der Waals surface area contributed by atoms with Crippen LogP contribution in [0.15, 0.2) is 60.7 Å². The lowest BCUT2D eigenvalue weighted by Crippen LogP contribution is -1.89. The SMILES string of the molecule is [CH2]CCCCc1nc(-c2ccccc2)sc1-c1ccccc1. The highest BCUT2D eigenvalue weighted by Gasteiger charge is 2.13. The molecule has 1 radical (unpaired) electrons. The largest absolute Gasteiger partial charge is 0.240 e. The number of aryl methyl sites for hydroxylation is 1. The number of nitrogens with zero attached hydrogens (tertiary/aromatic N) is 1. The highest BCUT2D eigenvalue weighted by molar-refractivity contribution is 7.18. The van der Waals surface area contributed by atoms with E-state index in [0.717, 1.165) is 30.7 Å². The third-order valence-electron chi connectivity index (χ3n) is 3.67. The van der Waals surface area contributed by atoms with Gasteiger partial charge in [-0.1, -0.05) is 80.4 Å². The average molecular weight is 306 g/mol. The third kappa shape index (κ3) is 3.45. The van der Waals surface area contributed by atoms with E-state index < -0.39 is 0 Å². The lowest BCUT2D eigenvalue weighted by atomic mass is 10.1. The van der Waals surface area contributed by atoms with Crippen LogP contribution in [0.2, 0.25) is 0 Å². The Bertz CT molecular complexity index is 701. The number of aromatic nitrogens is 1. The van der Waals surface area contributed by atoms with Crippen LogP contribution < -0.4 is 0 Å². The molecule has 0 aliphatic heterocycles. The first kappa shape index (κ1) is 15.0. The van der Waals surface area contributed by atoms with Gasteiger partial charge in [-0.3, -0.25) is 0 Å². The van der Waals surface area contributed by atoms with Crippen LogP contribution in [0.5, 0.6) is 0 Å². The summed E-state index contributed by atoms with van der Waals surface area (Å²) >= 11 is 1.80. The van der Waals surface area contributed by atoms with Crippen molar-refractivity contribution in [3.05, 3.63) is 73.3 Å². The third-order valence-corrected chi connectivity index (χ3v) is 4.86. The van der Waals surface area contributed by atoms with Crippen LogP contribution in [-0.2, 0) is 6.42 Å². The zero-order valence-electron chi connectivity index (χ0n) is 12.7. The topological polar surface area (TPSA) is 12.9 Å². The second-order valence-corrected chi connectivity index (χ2v) is 6.34. The molecule has 0 aliphatic carbocycles. The summed E-state index contributed by atoms with van der Waals surface area (Å²) in [6, 6.07) is 21.0. The fourth-order valence-corrected chi connectivity index (χ4v) is 3.63. The minimum Gasteiger partial charge on any atom is -0.240 e. The summed E-state index contributed by atoms with van der Waals surface area (Å²) in [6.07, 6.45) is 4.34. The van der Waals surface area contributed by atoms with Crippen molar-refractivity contribution in [3.8, 4) is 21.0 Å². The molecule has 0 unspecified atom stereocenters. The monoisotopic (exact) mass is 306 g/mol. The molecule has 0 atom stereocenters. The van der Waals surface area contributed by atoms with Crippen molar-refractivity contribution in [2.45, 2.75) is 25.7 Å². The van der Waals surface area contributed by atoms with Gasteiger partial charge in [-0.2, -0.15) is 0 Å². The Labute approximate surface area is 136 Å². The molecule has 1 heterocycles. The van der Waals surface area contributed by atoms with E-state index in [1.807, 2.05) is 6.07 Å². The minimum atomic E-state index is 0.996. The molecule has 22 heavy (non-hydrogen) atoms. The molecule has 1 nitrogen and oxygen atoms in total. The predicted octanol–water partition coefficient (Wildman–Crippen LogP) is 6.02. The molecule has 0 bridgehead atoms. The van der Waals surface area contributed by atoms with Gasteiger partial charge in [0.2, 0.25) is 0 Å². The maximum absolute atomic E-state index is 4.93. The molecule has 0 saturated carbocycles. The van der Waals surface area contributed by atoms with Gasteiger partial charge in [0, 0.05) is 5.56 Å². The smallest absolute Gasteiger partial charge is 0.124 e. The number of hydrogen-bond acceptors (Lipinski definition) is 2. The average Bonchev–Trinajstić information content (AvgIpc) is 3.01. The van der Waals surface area contributed by atoms with E-state index in [1.165, 1.54) is 21.7 Å². The van der Waals surface area contributed by atoms with E-state index >= 15 is 0 Å².